The fourth-order valence-corrected chi connectivity index (χ4v) is 6.30. The molecule has 5 rings (SSSR count). The zero-order valence-corrected chi connectivity index (χ0v) is 22.5. The third-order valence-corrected chi connectivity index (χ3v) is 8.80. The summed E-state index contributed by atoms with van der Waals surface area (Å²) >= 11 is 12.6. The largest absolute Gasteiger partial charge is 0.343 e. The van der Waals surface area contributed by atoms with Gasteiger partial charge in [-0.05, 0) is 49.1 Å². The molecule has 0 spiro atoms. The Morgan fingerprint density at radius 3 is 2.22 bits per heavy atom. The smallest absolute Gasteiger partial charge is 0.324 e. The second kappa shape index (κ2) is 10.9. The molecule has 3 aliphatic heterocycles. The molecule has 3 heterocycles. The SMILES string of the molecule is CC(=O)N1CCC(C(=O)N2CCC(N3CCN(c4ccccc4)C3=O)C(c3ccc(Cl)c(Cl)c3)C2)CC1. The van der Waals surface area contributed by atoms with Crippen molar-refractivity contribution in [3.8, 4) is 0 Å². The Labute approximate surface area is 227 Å². The summed E-state index contributed by atoms with van der Waals surface area (Å²) in [5.74, 6) is 0.0460. The summed E-state index contributed by atoms with van der Waals surface area (Å²) in [6.45, 7) is 5.20. The maximum atomic E-state index is 13.5. The van der Waals surface area contributed by atoms with Gasteiger partial charge >= 0.3 is 6.03 Å². The standard InChI is InChI=1S/C28H32Cl2N4O3/c1-19(35)31-12-9-20(10-13-31)27(36)32-14-11-26(23(18-32)21-7-8-24(29)25(30)17-21)34-16-15-33(28(34)37)22-5-3-2-4-6-22/h2-8,17,20,23,26H,9-16,18H2,1H3. The quantitative estimate of drug-likeness (QED) is 0.553. The van der Waals surface area contributed by atoms with Crippen molar-refractivity contribution in [3.05, 3.63) is 64.1 Å². The van der Waals surface area contributed by atoms with Crippen LogP contribution in [0.2, 0.25) is 10.0 Å². The highest BCUT2D eigenvalue weighted by molar-refractivity contribution is 6.42. The zero-order valence-electron chi connectivity index (χ0n) is 21.0. The molecule has 3 saturated heterocycles. The number of hydrogen-bond donors (Lipinski definition) is 0. The molecular weight excluding hydrogens is 511 g/mol. The summed E-state index contributed by atoms with van der Waals surface area (Å²) in [6.07, 6.45) is 2.07. The molecule has 4 amide bonds. The molecule has 0 bridgehead atoms. The molecule has 0 aliphatic carbocycles. The van der Waals surface area contributed by atoms with Gasteiger partial charge in [0.2, 0.25) is 11.8 Å². The first-order chi connectivity index (χ1) is 17.8. The van der Waals surface area contributed by atoms with Crippen molar-refractivity contribution < 1.29 is 14.4 Å². The molecule has 196 valence electrons. The fraction of sp³-hybridized carbons (Fsp3) is 0.464. The second-order valence-corrected chi connectivity index (χ2v) is 11.0. The van der Waals surface area contributed by atoms with Crippen molar-refractivity contribution in [1.82, 2.24) is 14.7 Å². The number of benzene rings is 2. The normalized spacial score (nSPS) is 23.1. The Morgan fingerprint density at radius 2 is 1.54 bits per heavy atom. The lowest BCUT2D eigenvalue weighted by atomic mass is 9.84. The van der Waals surface area contributed by atoms with Crippen LogP contribution in [0.4, 0.5) is 10.5 Å². The number of halogens is 2. The Balaban J connectivity index is 1.36. The van der Waals surface area contributed by atoms with Crippen LogP contribution in [0, 0.1) is 5.92 Å². The third-order valence-electron chi connectivity index (χ3n) is 8.06. The molecule has 2 aromatic rings. The third kappa shape index (κ3) is 5.30. The number of urea groups is 1. The van der Waals surface area contributed by atoms with Gasteiger partial charge in [-0.3, -0.25) is 14.5 Å². The van der Waals surface area contributed by atoms with Gasteiger partial charge in [0.15, 0.2) is 0 Å². The van der Waals surface area contributed by atoms with Crippen LogP contribution in [0.5, 0.6) is 0 Å². The van der Waals surface area contributed by atoms with Crippen LogP contribution in [-0.4, -0.2) is 77.9 Å². The van der Waals surface area contributed by atoms with Gasteiger partial charge in [-0.15, -0.1) is 0 Å². The zero-order chi connectivity index (χ0) is 26.1. The average molecular weight is 543 g/mol. The number of para-hydroxylation sites is 1. The number of amides is 4. The lowest BCUT2D eigenvalue weighted by Crippen LogP contribution is -2.54. The Hall–Kier alpha value is -2.77. The van der Waals surface area contributed by atoms with Crippen LogP contribution in [0.25, 0.3) is 0 Å². The molecule has 2 aromatic carbocycles. The first-order valence-electron chi connectivity index (χ1n) is 13.0. The number of piperidine rings is 2. The molecule has 3 aliphatic rings. The van der Waals surface area contributed by atoms with Crippen LogP contribution in [0.1, 0.15) is 37.7 Å². The minimum absolute atomic E-state index is 0.00218. The number of rotatable bonds is 4. The summed E-state index contributed by atoms with van der Waals surface area (Å²) in [6, 6.07) is 15.3. The minimum Gasteiger partial charge on any atom is -0.343 e. The van der Waals surface area contributed by atoms with Crippen LogP contribution in [-0.2, 0) is 9.59 Å². The molecule has 7 nitrogen and oxygen atoms in total. The van der Waals surface area contributed by atoms with Crippen LogP contribution in [0.3, 0.4) is 0 Å². The van der Waals surface area contributed by atoms with Gasteiger partial charge in [0.1, 0.15) is 0 Å². The summed E-state index contributed by atoms with van der Waals surface area (Å²) in [7, 11) is 0. The van der Waals surface area contributed by atoms with Crippen molar-refractivity contribution in [2.75, 3.05) is 44.2 Å². The van der Waals surface area contributed by atoms with E-state index in [1.54, 1.807) is 13.0 Å². The van der Waals surface area contributed by atoms with Crippen molar-refractivity contribution in [3.63, 3.8) is 0 Å². The highest BCUT2D eigenvalue weighted by Crippen LogP contribution is 2.37. The maximum absolute atomic E-state index is 13.5. The van der Waals surface area contributed by atoms with Crippen LogP contribution in [0.15, 0.2) is 48.5 Å². The number of likely N-dealkylation sites (tertiary alicyclic amines) is 2. The fourth-order valence-electron chi connectivity index (χ4n) is 5.99. The molecule has 0 radical (unpaired) electrons. The second-order valence-electron chi connectivity index (χ2n) is 10.2. The van der Waals surface area contributed by atoms with E-state index in [9.17, 15) is 14.4 Å². The van der Waals surface area contributed by atoms with Crippen molar-refractivity contribution in [2.45, 2.75) is 38.1 Å². The molecular formula is C28H32Cl2N4O3. The summed E-state index contributed by atoms with van der Waals surface area (Å²) < 4.78 is 0. The van der Waals surface area contributed by atoms with Gasteiger partial charge in [0, 0.05) is 69.8 Å². The van der Waals surface area contributed by atoms with E-state index >= 15 is 0 Å². The van der Waals surface area contributed by atoms with E-state index in [0.29, 0.717) is 68.6 Å². The molecule has 0 aromatic heterocycles. The lowest BCUT2D eigenvalue weighted by molar-refractivity contribution is -0.141. The van der Waals surface area contributed by atoms with Crippen molar-refractivity contribution in [1.29, 1.82) is 0 Å². The Morgan fingerprint density at radius 1 is 0.838 bits per heavy atom. The number of hydrogen-bond acceptors (Lipinski definition) is 3. The summed E-state index contributed by atoms with van der Waals surface area (Å²) in [5, 5.41) is 0.951. The van der Waals surface area contributed by atoms with Gasteiger partial charge < -0.3 is 14.7 Å². The first-order valence-corrected chi connectivity index (χ1v) is 13.7. The molecule has 2 atom stereocenters. The minimum atomic E-state index is -0.0800. The van der Waals surface area contributed by atoms with Crippen LogP contribution < -0.4 is 4.90 Å². The van der Waals surface area contributed by atoms with E-state index in [2.05, 4.69) is 0 Å². The van der Waals surface area contributed by atoms with Crippen molar-refractivity contribution in [2.24, 2.45) is 5.92 Å². The highest BCUT2D eigenvalue weighted by Gasteiger charge is 2.43. The predicted octanol–water partition coefficient (Wildman–Crippen LogP) is 4.88. The lowest BCUT2D eigenvalue weighted by Gasteiger charge is -2.44. The molecule has 3 fully saturated rings. The van der Waals surface area contributed by atoms with E-state index in [1.165, 1.54) is 0 Å². The van der Waals surface area contributed by atoms with Gasteiger partial charge in [0.25, 0.3) is 0 Å². The van der Waals surface area contributed by atoms with E-state index < -0.39 is 0 Å². The van der Waals surface area contributed by atoms with Gasteiger partial charge in [-0.25, -0.2) is 4.79 Å². The molecule has 0 N–H and O–H groups in total. The number of carbonyl (C=O) groups excluding carboxylic acids is 3. The van der Waals surface area contributed by atoms with E-state index in [0.717, 1.165) is 11.3 Å². The predicted molar refractivity (Wildman–Crippen MR) is 145 cm³/mol. The number of nitrogens with zero attached hydrogens (tertiary/aromatic N) is 4. The monoisotopic (exact) mass is 542 g/mol. The molecule has 2 unspecified atom stereocenters. The van der Waals surface area contributed by atoms with Gasteiger partial charge in [-0.1, -0.05) is 47.5 Å². The van der Waals surface area contributed by atoms with Gasteiger partial charge in [0.05, 0.1) is 10.0 Å². The maximum Gasteiger partial charge on any atom is 0.324 e. The highest BCUT2D eigenvalue weighted by atomic mass is 35.5. The molecule has 9 heteroatoms. The van der Waals surface area contributed by atoms with E-state index in [1.807, 2.05) is 62.1 Å². The van der Waals surface area contributed by atoms with Crippen molar-refractivity contribution >= 4 is 46.7 Å². The number of anilines is 1. The summed E-state index contributed by atoms with van der Waals surface area (Å²) in [5.41, 5.74) is 1.87. The van der Waals surface area contributed by atoms with Gasteiger partial charge in [-0.2, -0.15) is 0 Å². The molecule has 0 saturated carbocycles. The summed E-state index contributed by atoms with van der Waals surface area (Å²) in [4.78, 5) is 46.3. The Kier molecular flexibility index (Phi) is 7.63. The van der Waals surface area contributed by atoms with E-state index in [-0.39, 0.29) is 35.7 Å². The topological polar surface area (TPSA) is 64.2 Å². The van der Waals surface area contributed by atoms with E-state index in [4.69, 9.17) is 23.2 Å². The number of carbonyl (C=O) groups is 3. The van der Waals surface area contributed by atoms with Crippen LogP contribution >= 0.6 is 23.2 Å². The first kappa shape index (κ1) is 25.9. The molecule has 37 heavy (non-hydrogen) atoms. The Bertz CT molecular complexity index is 1170. The average Bonchev–Trinajstić information content (AvgIpc) is 3.31.